The van der Waals surface area contributed by atoms with Crippen LogP contribution in [0, 0.1) is 11.8 Å². The zero-order valence-corrected chi connectivity index (χ0v) is 11.8. The maximum absolute atomic E-state index is 11.8. The quantitative estimate of drug-likeness (QED) is 0.620. The monoisotopic (exact) mass is 272 g/mol. The summed E-state index contributed by atoms with van der Waals surface area (Å²) in [4.78, 5) is 22.9. The number of aliphatic carboxylic acids is 1. The van der Waals surface area contributed by atoms with Gasteiger partial charge in [-0.3, -0.25) is 0 Å². The zero-order chi connectivity index (χ0) is 14.4. The van der Waals surface area contributed by atoms with E-state index in [0.717, 1.165) is 12.8 Å². The van der Waals surface area contributed by atoms with Crippen LogP contribution in [0.25, 0.3) is 0 Å². The Kier molecular flexibility index (Phi) is 6.08. The van der Waals surface area contributed by atoms with Gasteiger partial charge in [0.25, 0.3) is 0 Å². The number of hydrogen-bond donors (Lipinski definition) is 3. The van der Waals surface area contributed by atoms with Gasteiger partial charge in [-0.25, -0.2) is 9.59 Å². The first kappa shape index (κ1) is 15.8. The van der Waals surface area contributed by atoms with Crippen LogP contribution in [-0.4, -0.2) is 42.9 Å². The smallest absolute Gasteiger partial charge is 0.326 e. The number of ether oxygens (including phenoxy) is 1. The maximum Gasteiger partial charge on any atom is 0.326 e. The summed E-state index contributed by atoms with van der Waals surface area (Å²) < 4.78 is 5.03. The van der Waals surface area contributed by atoms with Gasteiger partial charge < -0.3 is 20.5 Å². The van der Waals surface area contributed by atoms with Crippen LogP contribution in [0.15, 0.2) is 0 Å². The number of amides is 2. The second kappa shape index (κ2) is 7.33. The number of carbonyl (C=O) groups is 2. The van der Waals surface area contributed by atoms with Gasteiger partial charge in [-0.2, -0.15) is 0 Å². The van der Waals surface area contributed by atoms with E-state index >= 15 is 0 Å². The lowest BCUT2D eigenvalue weighted by Crippen LogP contribution is -2.51. The molecule has 0 radical (unpaired) electrons. The fourth-order valence-corrected chi connectivity index (χ4v) is 1.86. The van der Waals surface area contributed by atoms with Crippen molar-refractivity contribution in [2.45, 2.75) is 45.2 Å². The van der Waals surface area contributed by atoms with Gasteiger partial charge in [0.15, 0.2) is 0 Å². The molecule has 19 heavy (non-hydrogen) atoms. The van der Waals surface area contributed by atoms with E-state index in [4.69, 9.17) is 9.84 Å². The highest BCUT2D eigenvalue weighted by Gasteiger charge is 2.30. The van der Waals surface area contributed by atoms with E-state index in [1.807, 2.05) is 13.8 Å². The van der Waals surface area contributed by atoms with Crippen molar-refractivity contribution < 1.29 is 19.4 Å². The molecule has 0 heterocycles. The molecule has 1 saturated carbocycles. The lowest BCUT2D eigenvalue weighted by Gasteiger charge is -2.23. The molecule has 0 aliphatic heterocycles. The Hall–Kier alpha value is -1.30. The SMILES string of the molecule is COCC(NC(=O)NC(CC1CC1)C(=O)O)C(C)C. The average molecular weight is 272 g/mol. The van der Waals surface area contributed by atoms with Crippen LogP contribution in [0.2, 0.25) is 0 Å². The molecule has 1 fully saturated rings. The van der Waals surface area contributed by atoms with Crippen molar-refractivity contribution in [1.82, 2.24) is 10.6 Å². The molecule has 0 spiro atoms. The van der Waals surface area contributed by atoms with Crippen molar-refractivity contribution in [2.75, 3.05) is 13.7 Å². The topological polar surface area (TPSA) is 87.7 Å². The van der Waals surface area contributed by atoms with Crippen LogP contribution in [-0.2, 0) is 9.53 Å². The van der Waals surface area contributed by atoms with Crippen molar-refractivity contribution in [2.24, 2.45) is 11.8 Å². The minimum atomic E-state index is -0.977. The summed E-state index contributed by atoms with van der Waals surface area (Å²) in [6.45, 7) is 4.36. The summed E-state index contributed by atoms with van der Waals surface area (Å²) in [5.74, 6) is -0.312. The molecule has 1 aliphatic carbocycles. The van der Waals surface area contributed by atoms with Gasteiger partial charge >= 0.3 is 12.0 Å². The molecule has 2 amide bonds. The first-order valence-corrected chi connectivity index (χ1v) is 6.72. The molecule has 0 aromatic carbocycles. The highest BCUT2D eigenvalue weighted by Crippen LogP contribution is 2.33. The van der Waals surface area contributed by atoms with Crippen molar-refractivity contribution in [3.63, 3.8) is 0 Å². The molecule has 1 rings (SSSR count). The number of rotatable bonds is 8. The predicted octanol–water partition coefficient (Wildman–Crippen LogP) is 1.21. The highest BCUT2D eigenvalue weighted by atomic mass is 16.5. The summed E-state index contributed by atoms with van der Waals surface area (Å²) in [5.41, 5.74) is 0. The van der Waals surface area contributed by atoms with Gasteiger partial charge in [0.05, 0.1) is 12.6 Å². The second-order valence-electron chi connectivity index (χ2n) is 5.49. The molecule has 0 bridgehead atoms. The third kappa shape index (κ3) is 5.92. The van der Waals surface area contributed by atoms with Gasteiger partial charge in [0, 0.05) is 7.11 Å². The Morgan fingerprint density at radius 3 is 2.37 bits per heavy atom. The van der Waals surface area contributed by atoms with E-state index < -0.39 is 18.0 Å². The molecule has 1 aliphatic rings. The van der Waals surface area contributed by atoms with Gasteiger partial charge in [-0.15, -0.1) is 0 Å². The van der Waals surface area contributed by atoms with Crippen LogP contribution in [0.5, 0.6) is 0 Å². The molecular weight excluding hydrogens is 248 g/mol. The Bertz CT molecular complexity index is 316. The summed E-state index contributed by atoms with van der Waals surface area (Å²) in [6.07, 6.45) is 2.64. The molecule has 2 unspecified atom stereocenters. The van der Waals surface area contributed by atoms with Crippen LogP contribution in [0.1, 0.15) is 33.1 Å². The number of methoxy groups -OCH3 is 1. The molecule has 6 nitrogen and oxygen atoms in total. The number of hydrogen-bond acceptors (Lipinski definition) is 3. The predicted molar refractivity (Wildman–Crippen MR) is 70.9 cm³/mol. The Balaban J connectivity index is 2.43. The van der Waals surface area contributed by atoms with E-state index in [1.165, 1.54) is 0 Å². The van der Waals surface area contributed by atoms with Gasteiger partial charge in [0.1, 0.15) is 6.04 Å². The molecular formula is C13H24N2O4. The summed E-state index contributed by atoms with van der Waals surface area (Å²) in [7, 11) is 1.57. The molecule has 0 aromatic heterocycles. The Labute approximate surface area is 113 Å². The standard InChI is InChI=1S/C13H24N2O4/c1-8(2)11(7-19-3)15-13(18)14-10(12(16)17)6-9-4-5-9/h8-11H,4-7H2,1-3H3,(H,16,17)(H2,14,15,18). The van der Waals surface area contributed by atoms with Crippen LogP contribution >= 0.6 is 0 Å². The lowest BCUT2D eigenvalue weighted by atomic mass is 10.1. The number of nitrogens with one attached hydrogen (secondary N) is 2. The van der Waals surface area contributed by atoms with Crippen LogP contribution < -0.4 is 10.6 Å². The van der Waals surface area contributed by atoms with Crippen LogP contribution in [0.3, 0.4) is 0 Å². The Morgan fingerprint density at radius 1 is 1.32 bits per heavy atom. The first-order chi connectivity index (χ1) is 8.93. The fraction of sp³-hybridized carbons (Fsp3) is 0.846. The third-order valence-corrected chi connectivity index (χ3v) is 3.34. The van der Waals surface area contributed by atoms with E-state index in [-0.39, 0.29) is 12.0 Å². The van der Waals surface area contributed by atoms with Crippen molar-refractivity contribution in [1.29, 1.82) is 0 Å². The molecule has 0 aromatic rings. The number of carboxylic acid groups (broad SMARTS) is 1. The molecule has 0 saturated heterocycles. The number of carbonyl (C=O) groups excluding carboxylic acids is 1. The minimum absolute atomic E-state index is 0.125. The first-order valence-electron chi connectivity index (χ1n) is 6.72. The van der Waals surface area contributed by atoms with E-state index in [0.29, 0.717) is 18.9 Å². The minimum Gasteiger partial charge on any atom is -0.480 e. The molecule has 3 N–H and O–H groups in total. The largest absolute Gasteiger partial charge is 0.480 e. The molecule has 110 valence electrons. The summed E-state index contributed by atoms with van der Waals surface area (Å²) >= 11 is 0. The van der Waals surface area contributed by atoms with Crippen molar-refractivity contribution in [3.8, 4) is 0 Å². The normalized spacial score (nSPS) is 17.9. The lowest BCUT2D eigenvalue weighted by molar-refractivity contribution is -0.139. The van der Waals surface area contributed by atoms with E-state index in [9.17, 15) is 9.59 Å². The maximum atomic E-state index is 11.8. The van der Waals surface area contributed by atoms with Crippen molar-refractivity contribution in [3.05, 3.63) is 0 Å². The number of urea groups is 1. The summed E-state index contributed by atoms with van der Waals surface area (Å²) in [5, 5.41) is 14.4. The van der Waals surface area contributed by atoms with E-state index in [2.05, 4.69) is 10.6 Å². The van der Waals surface area contributed by atoms with Crippen molar-refractivity contribution >= 4 is 12.0 Å². The number of carboxylic acids is 1. The molecule has 6 heteroatoms. The Morgan fingerprint density at radius 2 is 1.95 bits per heavy atom. The molecule has 2 atom stereocenters. The fourth-order valence-electron chi connectivity index (χ4n) is 1.86. The van der Waals surface area contributed by atoms with Gasteiger partial charge in [0.2, 0.25) is 0 Å². The van der Waals surface area contributed by atoms with Crippen LogP contribution in [0.4, 0.5) is 4.79 Å². The zero-order valence-electron chi connectivity index (χ0n) is 11.8. The van der Waals surface area contributed by atoms with E-state index in [1.54, 1.807) is 7.11 Å². The highest BCUT2D eigenvalue weighted by molar-refractivity contribution is 5.82. The van der Waals surface area contributed by atoms with Gasteiger partial charge in [-0.05, 0) is 18.3 Å². The second-order valence-corrected chi connectivity index (χ2v) is 5.49. The average Bonchev–Trinajstić information content (AvgIpc) is 3.11. The third-order valence-electron chi connectivity index (χ3n) is 3.34. The van der Waals surface area contributed by atoms with Gasteiger partial charge in [-0.1, -0.05) is 26.7 Å². The summed E-state index contributed by atoms with van der Waals surface area (Å²) in [6, 6.07) is -1.37.